The molecule has 0 spiro atoms. The summed E-state index contributed by atoms with van der Waals surface area (Å²) in [7, 11) is 0. The third-order valence-corrected chi connectivity index (χ3v) is 1.67. The summed E-state index contributed by atoms with van der Waals surface area (Å²) in [4.78, 5) is 0. The lowest BCUT2D eigenvalue weighted by Gasteiger charge is -2.39. The topological polar surface area (TPSA) is 70.4 Å². The van der Waals surface area contributed by atoms with Crippen molar-refractivity contribution in [1.29, 1.82) is 0 Å². The van der Waals surface area contributed by atoms with Crippen molar-refractivity contribution in [3.05, 3.63) is 0 Å². The molecule has 0 amide bonds. The molecule has 1 saturated heterocycles. The molecular weight excluding hydrogens is 150 g/mol. The van der Waals surface area contributed by atoms with Crippen LogP contribution in [-0.2, 0) is 0 Å². The van der Waals surface area contributed by atoms with E-state index in [1.807, 2.05) is 6.92 Å². The maximum Gasteiger partial charge on any atom is 0.113 e. The molecule has 0 saturated carbocycles. The third-order valence-electron chi connectivity index (χ3n) is 1.67. The molecule has 0 aromatic heterocycles. The number of hydrogen-bond acceptors (Lipinski definition) is 6. The highest BCUT2D eigenvalue weighted by molar-refractivity contribution is 4.62. The number of rotatable bonds is 1. The second-order valence-corrected chi connectivity index (χ2v) is 2.56. The van der Waals surface area contributed by atoms with Gasteiger partial charge in [0.1, 0.15) is 19.5 Å². The first-order valence-electron chi connectivity index (χ1n) is 3.50. The van der Waals surface area contributed by atoms with Gasteiger partial charge in [0, 0.05) is 0 Å². The monoisotopic (exact) mass is 163 g/mol. The molecule has 0 aromatic rings. The van der Waals surface area contributed by atoms with E-state index >= 15 is 0 Å². The molecule has 1 rings (SSSR count). The first-order chi connectivity index (χ1) is 5.15. The normalized spacial score (nSPS) is 26.2. The standard InChI is InChI=1S/C5H13N3O3/c1-2-5-7(10)3-6(9)4-8(5)11/h5,9-11H,2-4H2,1H3. The largest absolute Gasteiger partial charge is 0.311 e. The van der Waals surface area contributed by atoms with Gasteiger partial charge in [-0.3, -0.25) is 0 Å². The molecule has 66 valence electrons. The van der Waals surface area contributed by atoms with Crippen molar-refractivity contribution in [2.75, 3.05) is 13.3 Å². The fourth-order valence-electron chi connectivity index (χ4n) is 1.14. The van der Waals surface area contributed by atoms with Gasteiger partial charge in [-0.25, -0.2) is 0 Å². The van der Waals surface area contributed by atoms with E-state index in [0.717, 1.165) is 15.2 Å². The van der Waals surface area contributed by atoms with E-state index in [1.165, 1.54) is 0 Å². The molecule has 0 unspecified atom stereocenters. The molecule has 1 aliphatic heterocycles. The quantitative estimate of drug-likeness (QED) is 0.494. The van der Waals surface area contributed by atoms with E-state index < -0.39 is 6.17 Å². The van der Waals surface area contributed by atoms with Crippen LogP contribution in [0.4, 0.5) is 0 Å². The molecule has 0 radical (unpaired) electrons. The van der Waals surface area contributed by atoms with Crippen LogP contribution in [0.15, 0.2) is 0 Å². The Morgan fingerprint density at radius 2 is 1.64 bits per heavy atom. The number of hydrogen-bond donors (Lipinski definition) is 3. The van der Waals surface area contributed by atoms with Gasteiger partial charge in [0.15, 0.2) is 0 Å². The van der Waals surface area contributed by atoms with Gasteiger partial charge in [0.25, 0.3) is 0 Å². The summed E-state index contributed by atoms with van der Waals surface area (Å²) in [5.41, 5.74) is 0. The fourth-order valence-corrected chi connectivity index (χ4v) is 1.14. The Hall–Kier alpha value is -0.240. The lowest BCUT2D eigenvalue weighted by molar-refractivity contribution is -0.358. The first-order valence-corrected chi connectivity index (χ1v) is 3.50. The van der Waals surface area contributed by atoms with Gasteiger partial charge < -0.3 is 15.6 Å². The van der Waals surface area contributed by atoms with Crippen LogP contribution in [0.3, 0.4) is 0 Å². The van der Waals surface area contributed by atoms with Crippen LogP contribution in [0.2, 0.25) is 0 Å². The van der Waals surface area contributed by atoms with Crippen LogP contribution in [0.5, 0.6) is 0 Å². The van der Waals surface area contributed by atoms with Crippen LogP contribution in [-0.4, -0.2) is 50.3 Å². The number of hydroxylamine groups is 6. The molecule has 0 atom stereocenters. The van der Waals surface area contributed by atoms with Gasteiger partial charge in [-0.2, -0.15) is 15.2 Å². The summed E-state index contributed by atoms with van der Waals surface area (Å²) in [5, 5.41) is 29.7. The summed E-state index contributed by atoms with van der Waals surface area (Å²) >= 11 is 0. The molecule has 0 bridgehead atoms. The molecular formula is C5H13N3O3. The van der Waals surface area contributed by atoms with Crippen molar-refractivity contribution in [3.63, 3.8) is 0 Å². The van der Waals surface area contributed by atoms with Gasteiger partial charge in [-0.15, -0.1) is 0 Å². The van der Waals surface area contributed by atoms with Gasteiger partial charge in [0.2, 0.25) is 0 Å². The van der Waals surface area contributed by atoms with E-state index in [2.05, 4.69) is 0 Å². The molecule has 11 heavy (non-hydrogen) atoms. The van der Waals surface area contributed by atoms with E-state index in [1.54, 1.807) is 0 Å². The molecule has 6 heteroatoms. The number of nitrogens with zero attached hydrogens (tertiary/aromatic N) is 3. The summed E-state index contributed by atoms with van der Waals surface area (Å²) in [6, 6.07) is 0. The van der Waals surface area contributed by atoms with Crippen molar-refractivity contribution in [2.24, 2.45) is 0 Å². The molecule has 1 heterocycles. The highest BCUT2D eigenvalue weighted by atomic mass is 16.6. The predicted octanol–water partition coefficient (Wildman–Crippen LogP) is -0.275. The third kappa shape index (κ3) is 1.86. The molecule has 6 nitrogen and oxygen atoms in total. The SMILES string of the molecule is CCC1N(O)CN(O)CN1O. The van der Waals surface area contributed by atoms with Crippen molar-refractivity contribution >= 4 is 0 Å². The van der Waals surface area contributed by atoms with Crippen molar-refractivity contribution in [2.45, 2.75) is 19.5 Å². The second kappa shape index (κ2) is 3.44. The lowest BCUT2D eigenvalue weighted by atomic mass is 10.3. The average Bonchev–Trinajstić information content (AvgIpc) is 1.85. The van der Waals surface area contributed by atoms with E-state index in [9.17, 15) is 0 Å². The van der Waals surface area contributed by atoms with Crippen molar-refractivity contribution in [1.82, 2.24) is 15.2 Å². The van der Waals surface area contributed by atoms with Crippen LogP contribution < -0.4 is 0 Å². The van der Waals surface area contributed by atoms with Crippen molar-refractivity contribution < 1.29 is 15.6 Å². The first kappa shape index (κ1) is 8.85. The van der Waals surface area contributed by atoms with Crippen molar-refractivity contribution in [3.8, 4) is 0 Å². The zero-order chi connectivity index (χ0) is 8.43. The Labute approximate surface area is 64.7 Å². The highest BCUT2D eigenvalue weighted by Gasteiger charge is 2.29. The van der Waals surface area contributed by atoms with Gasteiger partial charge >= 0.3 is 0 Å². The zero-order valence-electron chi connectivity index (χ0n) is 6.38. The van der Waals surface area contributed by atoms with Crippen LogP contribution >= 0.6 is 0 Å². The molecule has 0 aromatic carbocycles. The second-order valence-electron chi connectivity index (χ2n) is 2.56. The van der Waals surface area contributed by atoms with Gasteiger partial charge in [0.05, 0.1) is 0 Å². The molecule has 3 N–H and O–H groups in total. The Bertz CT molecular complexity index is 122. The predicted molar refractivity (Wildman–Crippen MR) is 34.7 cm³/mol. The Morgan fingerprint density at radius 1 is 1.18 bits per heavy atom. The average molecular weight is 163 g/mol. The highest BCUT2D eigenvalue weighted by Crippen LogP contribution is 2.11. The van der Waals surface area contributed by atoms with Gasteiger partial charge in [-0.05, 0) is 6.42 Å². The minimum Gasteiger partial charge on any atom is -0.311 e. The smallest absolute Gasteiger partial charge is 0.113 e. The molecule has 0 aliphatic carbocycles. The summed E-state index contributed by atoms with van der Waals surface area (Å²) in [6.07, 6.45) is 0.180. The minimum atomic E-state index is -0.418. The molecule has 1 fully saturated rings. The summed E-state index contributed by atoms with van der Waals surface area (Å²) in [5.74, 6) is 0. The maximum absolute atomic E-state index is 9.14. The van der Waals surface area contributed by atoms with Crippen LogP contribution in [0.25, 0.3) is 0 Å². The lowest BCUT2D eigenvalue weighted by Crippen LogP contribution is -2.57. The van der Waals surface area contributed by atoms with Gasteiger partial charge in [-0.1, -0.05) is 6.92 Å². The fraction of sp³-hybridized carbons (Fsp3) is 1.00. The molecule has 1 aliphatic rings. The van der Waals surface area contributed by atoms with E-state index in [-0.39, 0.29) is 13.3 Å². The maximum atomic E-state index is 9.14. The Kier molecular flexibility index (Phi) is 2.77. The van der Waals surface area contributed by atoms with E-state index in [4.69, 9.17) is 15.6 Å². The summed E-state index contributed by atoms with van der Waals surface area (Å²) < 4.78 is 0. The van der Waals surface area contributed by atoms with Crippen LogP contribution in [0.1, 0.15) is 13.3 Å². The summed E-state index contributed by atoms with van der Waals surface area (Å²) in [6.45, 7) is 1.91. The van der Waals surface area contributed by atoms with E-state index in [0.29, 0.717) is 6.42 Å². The zero-order valence-corrected chi connectivity index (χ0v) is 6.38. The Morgan fingerprint density at radius 3 is 2.00 bits per heavy atom. The minimum absolute atomic E-state index is 0.0373. The van der Waals surface area contributed by atoms with Crippen LogP contribution in [0, 0.1) is 0 Å². The Balaban J connectivity index is 2.52.